The summed E-state index contributed by atoms with van der Waals surface area (Å²) in [5.41, 5.74) is 6.93. The molecule has 0 saturated carbocycles. The Morgan fingerprint density at radius 3 is 2.63 bits per heavy atom. The number of aromatic nitrogens is 2. The molecule has 6 heteroatoms. The molecule has 0 bridgehead atoms. The van der Waals surface area contributed by atoms with E-state index < -0.39 is 11.9 Å². The van der Waals surface area contributed by atoms with Crippen molar-refractivity contribution >= 4 is 5.91 Å². The highest BCUT2D eigenvalue weighted by molar-refractivity contribution is 5.81. The van der Waals surface area contributed by atoms with Gasteiger partial charge in [0.15, 0.2) is 0 Å². The van der Waals surface area contributed by atoms with Gasteiger partial charge in [0.1, 0.15) is 11.9 Å². The third kappa shape index (κ3) is 3.17. The van der Waals surface area contributed by atoms with Gasteiger partial charge >= 0.3 is 0 Å². The fraction of sp³-hybridized carbons (Fsp3) is 0.231. The van der Waals surface area contributed by atoms with Crippen molar-refractivity contribution in [3.63, 3.8) is 0 Å². The summed E-state index contributed by atoms with van der Waals surface area (Å²) in [7, 11) is 1.81. The van der Waals surface area contributed by atoms with Crippen LogP contribution in [0.1, 0.15) is 17.3 Å². The van der Waals surface area contributed by atoms with Crippen LogP contribution in [0.4, 0.5) is 4.39 Å². The minimum atomic E-state index is -0.657. The minimum absolute atomic E-state index is 0.349. The Balaban J connectivity index is 2.11. The molecule has 0 aliphatic heterocycles. The van der Waals surface area contributed by atoms with Crippen molar-refractivity contribution in [3.05, 3.63) is 53.6 Å². The van der Waals surface area contributed by atoms with E-state index in [4.69, 9.17) is 5.73 Å². The molecule has 1 aromatic heterocycles. The third-order valence-corrected chi connectivity index (χ3v) is 2.90. The van der Waals surface area contributed by atoms with E-state index in [1.807, 2.05) is 13.1 Å². The van der Waals surface area contributed by atoms with Gasteiger partial charge in [-0.25, -0.2) is 4.39 Å². The van der Waals surface area contributed by atoms with Crippen LogP contribution in [0.2, 0.25) is 0 Å². The van der Waals surface area contributed by atoms with Crippen LogP contribution in [0.5, 0.6) is 0 Å². The summed E-state index contributed by atoms with van der Waals surface area (Å²) >= 11 is 0. The van der Waals surface area contributed by atoms with Crippen molar-refractivity contribution < 1.29 is 9.18 Å². The number of hydrogen-bond acceptors (Lipinski definition) is 3. The first kappa shape index (κ1) is 13.2. The highest BCUT2D eigenvalue weighted by Gasteiger charge is 2.17. The lowest BCUT2D eigenvalue weighted by Gasteiger charge is -2.15. The van der Waals surface area contributed by atoms with Crippen molar-refractivity contribution in [3.8, 4) is 0 Å². The normalized spacial score (nSPS) is 12.3. The number of carbonyl (C=O) groups is 1. The zero-order valence-electron chi connectivity index (χ0n) is 10.5. The van der Waals surface area contributed by atoms with Gasteiger partial charge in [-0.1, -0.05) is 12.1 Å². The summed E-state index contributed by atoms with van der Waals surface area (Å²) < 4.78 is 14.6. The molecule has 100 valence electrons. The Hall–Kier alpha value is -2.21. The fourth-order valence-electron chi connectivity index (χ4n) is 1.82. The monoisotopic (exact) mass is 262 g/mol. The summed E-state index contributed by atoms with van der Waals surface area (Å²) in [5.74, 6) is -0.854. The van der Waals surface area contributed by atoms with Gasteiger partial charge in [-0.05, 0) is 23.8 Å². The van der Waals surface area contributed by atoms with E-state index in [1.54, 1.807) is 23.0 Å². The van der Waals surface area contributed by atoms with Gasteiger partial charge in [0.25, 0.3) is 0 Å². The number of carbonyl (C=O) groups excluding carboxylic acids is 1. The number of nitrogens with one attached hydrogen (secondary N) is 1. The second-order valence-electron chi connectivity index (χ2n) is 4.21. The van der Waals surface area contributed by atoms with Gasteiger partial charge in [-0.15, -0.1) is 0 Å². The van der Waals surface area contributed by atoms with E-state index in [0.29, 0.717) is 12.1 Å². The van der Waals surface area contributed by atoms with Crippen LogP contribution < -0.4 is 11.1 Å². The quantitative estimate of drug-likeness (QED) is 0.840. The molecule has 3 N–H and O–H groups in total. The molecule has 1 heterocycles. The standard InChI is InChI=1S/C13H15FN4O/c1-18-11(6-7-17-18)8-16-12(13(15)19)9-2-4-10(14)5-3-9/h2-7,12,16H,8H2,1H3,(H2,15,19)/t12-/m1/s1. The lowest BCUT2D eigenvalue weighted by molar-refractivity contribution is -0.120. The van der Waals surface area contributed by atoms with E-state index >= 15 is 0 Å². The van der Waals surface area contributed by atoms with Crippen LogP contribution >= 0.6 is 0 Å². The minimum Gasteiger partial charge on any atom is -0.368 e. The van der Waals surface area contributed by atoms with Crippen LogP contribution in [0, 0.1) is 5.82 Å². The van der Waals surface area contributed by atoms with Gasteiger partial charge in [0.05, 0.1) is 5.69 Å². The Morgan fingerprint density at radius 2 is 2.11 bits per heavy atom. The first-order valence-corrected chi connectivity index (χ1v) is 5.83. The van der Waals surface area contributed by atoms with Crippen molar-refractivity contribution in [2.75, 3.05) is 0 Å². The van der Waals surface area contributed by atoms with E-state index in [0.717, 1.165) is 5.69 Å². The lowest BCUT2D eigenvalue weighted by Crippen LogP contribution is -2.33. The Labute approximate surface area is 110 Å². The lowest BCUT2D eigenvalue weighted by atomic mass is 10.1. The number of hydrogen-bond donors (Lipinski definition) is 2. The Kier molecular flexibility index (Phi) is 3.91. The smallest absolute Gasteiger partial charge is 0.239 e. The van der Waals surface area contributed by atoms with Crippen molar-refractivity contribution in [1.29, 1.82) is 0 Å². The summed E-state index contributed by atoms with van der Waals surface area (Å²) in [5, 5.41) is 7.08. The molecule has 0 spiro atoms. The molecule has 1 atom stereocenters. The van der Waals surface area contributed by atoms with Crippen LogP contribution in [-0.2, 0) is 18.4 Å². The molecule has 2 rings (SSSR count). The van der Waals surface area contributed by atoms with Crippen molar-refractivity contribution in [1.82, 2.24) is 15.1 Å². The molecule has 0 aliphatic rings. The van der Waals surface area contributed by atoms with E-state index in [-0.39, 0.29) is 5.82 Å². The first-order chi connectivity index (χ1) is 9.08. The topological polar surface area (TPSA) is 72.9 Å². The largest absolute Gasteiger partial charge is 0.368 e. The van der Waals surface area contributed by atoms with Gasteiger partial charge in [0, 0.05) is 19.8 Å². The maximum absolute atomic E-state index is 12.9. The number of benzene rings is 1. The van der Waals surface area contributed by atoms with Crippen LogP contribution in [0.15, 0.2) is 36.5 Å². The van der Waals surface area contributed by atoms with E-state index in [9.17, 15) is 9.18 Å². The van der Waals surface area contributed by atoms with Gasteiger partial charge in [0.2, 0.25) is 5.91 Å². The van der Waals surface area contributed by atoms with Gasteiger partial charge in [-0.3, -0.25) is 14.8 Å². The molecule has 1 amide bonds. The molecular formula is C13H15FN4O. The number of nitrogens with two attached hydrogens (primary N) is 1. The molecular weight excluding hydrogens is 247 g/mol. The number of amides is 1. The summed E-state index contributed by atoms with van der Waals surface area (Å²) in [6.45, 7) is 0.446. The molecule has 0 radical (unpaired) electrons. The second kappa shape index (κ2) is 5.62. The molecule has 0 aliphatic carbocycles. The average Bonchev–Trinajstić information content (AvgIpc) is 2.77. The predicted octanol–water partition coefficient (Wildman–Crippen LogP) is 0.875. The van der Waals surface area contributed by atoms with E-state index in [2.05, 4.69) is 10.4 Å². The SMILES string of the molecule is Cn1nccc1CN[C@@H](C(N)=O)c1ccc(F)cc1. The summed E-state index contributed by atoms with van der Waals surface area (Å²) in [4.78, 5) is 11.5. The Bertz CT molecular complexity index is 564. The molecule has 0 unspecified atom stereocenters. The molecule has 19 heavy (non-hydrogen) atoms. The van der Waals surface area contributed by atoms with Crippen LogP contribution in [0.3, 0.4) is 0 Å². The van der Waals surface area contributed by atoms with Gasteiger partial charge < -0.3 is 5.73 Å². The maximum atomic E-state index is 12.9. The zero-order chi connectivity index (χ0) is 13.8. The maximum Gasteiger partial charge on any atom is 0.239 e. The molecule has 1 aromatic carbocycles. The first-order valence-electron chi connectivity index (χ1n) is 5.83. The van der Waals surface area contributed by atoms with Crippen molar-refractivity contribution in [2.24, 2.45) is 12.8 Å². The number of aryl methyl sites for hydroxylation is 1. The summed E-state index contributed by atoms with van der Waals surface area (Å²) in [6, 6.07) is 6.88. The zero-order valence-corrected chi connectivity index (χ0v) is 10.5. The summed E-state index contributed by atoms with van der Waals surface area (Å²) in [6.07, 6.45) is 1.67. The highest BCUT2D eigenvalue weighted by atomic mass is 19.1. The predicted molar refractivity (Wildman–Crippen MR) is 68.4 cm³/mol. The second-order valence-corrected chi connectivity index (χ2v) is 4.21. The number of nitrogens with zero attached hydrogens (tertiary/aromatic N) is 2. The average molecular weight is 262 g/mol. The van der Waals surface area contributed by atoms with Crippen molar-refractivity contribution in [2.45, 2.75) is 12.6 Å². The fourth-order valence-corrected chi connectivity index (χ4v) is 1.82. The molecule has 2 aromatic rings. The van der Waals surface area contributed by atoms with Gasteiger partial charge in [-0.2, -0.15) is 5.10 Å². The van der Waals surface area contributed by atoms with E-state index in [1.165, 1.54) is 12.1 Å². The number of rotatable bonds is 5. The third-order valence-electron chi connectivity index (χ3n) is 2.90. The Morgan fingerprint density at radius 1 is 1.42 bits per heavy atom. The number of halogens is 1. The highest BCUT2D eigenvalue weighted by Crippen LogP contribution is 2.14. The number of primary amides is 1. The van der Waals surface area contributed by atoms with Crippen LogP contribution in [-0.4, -0.2) is 15.7 Å². The molecule has 0 saturated heterocycles. The molecule has 5 nitrogen and oxygen atoms in total. The molecule has 0 fully saturated rings. The van der Waals surface area contributed by atoms with Crippen LogP contribution in [0.25, 0.3) is 0 Å².